The summed E-state index contributed by atoms with van der Waals surface area (Å²) in [7, 11) is 0. The molecule has 9 heteroatoms. The average molecular weight is 753 g/mol. The number of fused-ring (bicyclic) bond motifs is 4. The molecule has 0 aliphatic carbocycles. The third kappa shape index (κ3) is 10.5. The van der Waals surface area contributed by atoms with Crippen molar-refractivity contribution >= 4 is 59.3 Å². The zero-order chi connectivity index (χ0) is 39.7. The lowest BCUT2D eigenvalue weighted by Gasteiger charge is -2.31. The minimum absolute atomic E-state index is 0.0568. The van der Waals surface area contributed by atoms with Crippen molar-refractivity contribution in [1.29, 1.82) is 0 Å². The first-order valence-electron chi connectivity index (χ1n) is 19.4. The molecule has 2 heterocycles. The topological polar surface area (TPSA) is 108 Å². The second-order valence-electron chi connectivity index (χ2n) is 15.7. The maximum absolute atomic E-state index is 13.6. The Kier molecular flexibility index (Phi) is 12.7. The molecule has 0 bridgehead atoms. The van der Waals surface area contributed by atoms with Gasteiger partial charge >= 0.3 is 0 Å². The first-order chi connectivity index (χ1) is 26.9. The van der Waals surface area contributed by atoms with E-state index in [0.29, 0.717) is 26.1 Å². The summed E-state index contributed by atoms with van der Waals surface area (Å²) in [5.41, 5.74) is 6.50. The zero-order valence-corrected chi connectivity index (χ0v) is 32.8. The fraction of sp³-hybridized carbons (Fsp3) is 0.319. The van der Waals surface area contributed by atoms with Crippen molar-refractivity contribution in [3.63, 3.8) is 0 Å². The molecule has 290 valence electrons. The molecule has 2 aliphatic rings. The number of nitrogens with one attached hydrogen (secondary N) is 2. The number of benzene rings is 4. The van der Waals surface area contributed by atoms with Gasteiger partial charge in [0, 0.05) is 44.4 Å². The quantitative estimate of drug-likeness (QED) is 0.143. The summed E-state index contributed by atoms with van der Waals surface area (Å²) >= 11 is 0. The lowest BCUT2D eigenvalue weighted by molar-refractivity contribution is -0.127. The number of hydrogen-bond donors (Lipinski definition) is 2. The van der Waals surface area contributed by atoms with E-state index in [-0.39, 0.29) is 55.9 Å². The smallest absolute Gasteiger partial charge is 0.227 e. The van der Waals surface area contributed by atoms with Crippen LogP contribution in [0.1, 0.15) is 93.2 Å². The highest BCUT2D eigenvalue weighted by molar-refractivity contribution is 5.99. The molecule has 0 spiro atoms. The molecular weight excluding hydrogens is 701 g/mol. The van der Waals surface area contributed by atoms with Gasteiger partial charge in [-0.15, -0.1) is 0 Å². The Hall–Kier alpha value is -5.80. The van der Waals surface area contributed by atoms with Gasteiger partial charge in [-0.3, -0.25) is 19.2 Å². The number of hydrogen-bond acceptors (Lipinski definition) is 5. The van der Waals surface area contributed by atoms with Gasteiger partial charge in [0.1, 0.15) is 0 Å². The second kappa shape index (κ2) is 17.8. The number of amides is 4. The highest BCUT2D eigenvalue weighted by Gasteiger charge is 2.27. The fourth-order valence-electron chi connectivity index (χ4n) is 6.99. The summed E-state index contributed by atoms with van der Waals surface area (Å²) in [6.07, 6.45) is 8.99. The molecule has 0 radical (unpaired) electrons. The predicted molar refractivity (Wildman–Crippen MR) is 224 cm³/mol. The van der Waals surface area contributed by atoms with Crippen LogP contribution in [0, 0.1) is 0 Å². The molecule has 4 aromatic rings. The van der Waals surface area contributed by atoms with Gasteiger partial charge in [0.05, 0.1) is 30.1 Å². The molecule has 0 atom stereocenters. The summed E-state index contributed by atoms with van der Waals surface area (Å²) in [4.78, 5) is 56.7. The van der Waals surface area contributed by atoms with Crippen LogP contribution < -0.4 is 20.4 Å². The lowest BCUT2D eigenvalue weighted by Crippen LogP contribution is -2.46. The normalized spacial score (nSPS) is 14.6. The lowest BCUT2D eigenvalue weighted by atomic mass is 10.00. The van der Waals surface area contributed by atoms with Crippen LogP contribution in [0.5, 0.6) is 0 Å². The summed E-state index contributed by atoms with van der Waals surface area (Å²) in [6.45, 7) is 9.11. The van der Waals surface area contributed by atoms with Gasteiger partial charge in [0.15, 0.2) is 0 Å². The summed E-state index contributed by atoms with van der Waals surface area (Å²) < 4.78 is 6.16. The van der Waals surface area contributed by atoms with Crippen LogP contribution in [-0.2, 0) is 37.0 Å². The van der Waals surface area contributed by atoms with Gasteiger partial charge in [-0.2, -0.15) is 0 Å². The van der Waals surface area contributed by atoms with Crippen LogP contribution in [0.2, 0.25) is 0 Å². The first-order valence-corrected chi connectivity index (χ1v) is 19.4. The highest BCUT2D eigenvalue weighted by atomic mass is 16.5. The molecule has 0 saturated heterocycles. The summed E-state index contributed by atoms with van der Waals surface area (Å²) in [5, 5.41) is 6.01. The molecule has 4 aromatic carbocycles. The van der Waals surface area contributed by atoms with E-state index in [1.807, 2.05) is 137 Å². The minimum atomic E-state index is -0.680. The van der Waals surface area contributed by atoms with Gasteiger partial charge < -0.3 is 25.2 Å². The first kappa shape index (κ1) is 39.9. The van der Waals surface area contributed by atoms with Crippen molar-refractivity contribution in [2.24, 2.45) is 0 Å². The highest BCUT2D eigenvalue weighted by Crippen LogP contribution is 2.31. The maximum atomic E-state index is 13.6. The van der Waals surface area contributed by atoms with Crippen LogP contribution >= 0.6 is 0 Å². The van der Waals surface area contributed by atoms with Crippen LogP contribution in [0.3, 0.4) is 0 Å². The molecule has 2 N–H and O–H groups in total. The Balaban J connectivity index is 0.934. The van der Waals surface area contributed by atoms with Crippen molar-refractivity contribution in [2.45, 2.75) is 84.0 Å². The number of rotatable bonds is 13. The van der Waals surface area contributed by atoms with E-state index in [0.717, 1.165) is 44.8 Å². The molecular formula is C47H52N4O5. The Bertz CT molecular complexity index is 2130. The number of anilines is 2. The van der Waals surface area contributed by atoms with E-state index in [2.05, 4.69) is 22.8 Å². The molecule has 0 unspecified atom stereocenters. The van der Waals surface area contributed by atoms with Crippen molar-refractivity contribution in [2.75, 3.05) is 23.0 Å². The minimum Gasteiger partial charge on any atom is -0.374 e. The molecule has 56 heavy (non-hydrogen) atoms. The molecule has 0 aromatic heterocycles. The van der Waals surface area contributed by atoms with E-state index in [4.69, 9.17) is 4.74 Å². The van der Waals surface area contributed by atoms with Crippen molar-refractivity contribution < 1.29 is 23.9 Å². The van der Waals surface area contributed by atoms with Crippen molar-refractivity contribution in [3.05, 3.63) is 130 Å². The van der Waals surface area contributed by atoms with Crippen molar-refractivity contribution in [3.8, 4) is 0 Å². The molecule has 2 aliphatic heterocycles. The molecule has 9 nitrogen and oxygen atoms in total. The summed E-state index contributed by atoms with van der Waals surface area (Å²) in [5.74, 6) is -0.659. The van der Waals surface area contributed by atoms with E-state index < -0.39 is 11.1 Å². The SMILES string of the molecule is CC(C)(CCOC(C)(C)CNC(=O)CCC(=O)N1Cc2ccccc2/C=C\c2ccccc21)NC(=O)CCC(=O)N1Cc2ccccc2/C=C\c2ccccc21. The Morgan fingerprint density at radius 3 is 1.52 bits per heavy atom. The van der Waals surface area contributed by atoms with E-state index in [1.165, 1.54) is 0 Å². The maximum Gasteiger partial charge on any atom is 0.227 e. The van der Waals surface area contributed by atoms with Crippen LogP contribution in [0.15, 0.2) is 97.1 Å². The number of carbonyl (C=O) groups excluding carboxylic acids is 4. The summed E-state index contributed by atoms with van der Waals surface area (Å²) in [6, 6.07) is 31.6. The number of ether oxygens (including phenoxy) is 1. The third-order valence-corrected chi connectivity index (χ3v) is 10.3. The van der Waals surface area contributed by atoms with Gasteiger partial charge in [-0.25, -0.2) is 0 Å². The zero-order valence-electron chi connectivity index (χ0n) is 32.8. The Labute approximate surface area is 330 Å². The standard InChI is InChI=1S/C47H52N4O5/c1-46(2,49-43(53)26-28-45(55)51-32-39-18-8-6-14-35(39)22-24-37-16-10-12-20-41(37)51)29-30-56-47(3,4)33-48-42(52)25-27-44(54)50-31-38-17-7-5-13-34(38)21-23-36-15-9-11-19-40(36)50/h5-24H,25-33H2,1-4H3,(H,48,52)(H,49,53)/b23-21-,24-22-. The number of para-hydroxylation sites is 2. The monoisotopic (exact) mass is 752 g/mol. The van der Waals surface area contributed by atoms with Gasteiger partial charge in [0.2, 0.25) is 23.6 Å². The van der Waals surface area contributed by atoms with Crippen LogP contribution in [0.4, 0.5) is 11.4 Å². The van der Waals surface area contributed by atoms with Crippen molar-refractivity contribution in [1.82, 2.24) is 10.6 Å². The van der Waals surface area contributed by atoms with Gasteiger partial charge in [0.25, 0.3) is 0 Å². The second-order valence-corrected chi connectivity index (χ2v) is 15.7. The van der Waals surface area contributed by atoms with E-state index in [1.54, 1.807) is 9.80 Å². The third-order valence-electron chi connectivity index (χ3n) is 10.3. The predicted octanol–water partition coefficient (Wildman–Crippen LogP) is 8.18. The fourth-order valence-corrected chi connectivity index (χ4v) is 6.99. The molecule has 4 amide bonds. The molecule has 0 fully saturated rings. The van der Waals surface area contributed by atoms with Crippen LogP contribution in [0.25, 0.3) is 24.3 Å². The Morgan fingerprint density at radius 2 is 1.00 bits per heavy atom. The van der Waals surface area contributed by atoms with E-state index >= 15 is 0 Å². The van der Waals surface area contributed by atoms with E-state index in [9.17, 15) is 19.2 Å². The van der Waals surface area contributed by atoms with Gasteiger partial charge in [-0.1, -0.05) is 109 Å². The number of nitrogens with zero attached hydrogens (tertiary/aromatic N) is 2. The Morgan fingerprint density at radius 1 is 0.571 bits per heavy atom. The molecule has 6 rings (SSSR count). The molecule has 0 saturated carbocycles. The van der Waals surface area contributed by atoms with Crippen LogP contribution in [-0.4, -0.2) is 47.9 Å². The van der Waals surface area contributed by atoms with Gasteiger partial charge in [-0.05, 0) is 79.6 Å². The largest absolute Gasteiger partial charge is 0.374 e. The average Bonchev–Trinajstić information content (AvgIpc) is 3.16. The number of carbonyl (C=O) groups is 4.